The number of hydrogen-bond donors (Lipinski definition) is 2. The van der Waals surface area contributed by atoms with Crippen molar-refractivity contribution >= 4 is 5.91 Å². The van der Waals surface area contributed by atoms with E-state index in [4.69, 9.17) is 4.74 Å². The van der Waals surface area contributed by atoms with Crippen molar-refractivity contribution in [1.29, 1.82) is 0 Å². The minimum Gasteiger partial charge on any atom is -0.381 e. The van der Waals surface area contributed by atoms with Gasteiger partial charge >= 0.3 is 0 Å². The summed E-state index contributed by atoms with van der Waals surface area (Å²) in [4.78, 5) is 12.0. The normalized spacial score (nSPS) is 23.9. The van der Waals surface area contributed by atoms with Gasteiger partial charge in [-0.25, -0.2) is 0 Å². The Balaban J connectivity index is 1.50. The molecule has 0 spiro atoms. The van der Waals surface area contributed by atoms with Crippen LogP contribution < -0.4 is 10.6 Å². The van der Waals surface area contributed by atoms with Crippen molar-refractivity contribution < 1.29 is 9.53 Å². The molecule has 3 heterocycles. The average molecular weight is 292 g/mol. The first-order chi connectivity index (χ1) is 10.3. The van der Waals surface area contributed by atoms with E-state index in [0.29, 0.717) is 12.5 Å². The highest BCUT2D eigenvalue weighted by atomic mass is 16.5. The Morgan fingerprint density at radius 2 is 2.29 bits per heavy atom. The third-order valence-electron chi connectivity index (χ3n) is 4.27. The molecular weight excluding hydrogens is 268 g/mol. The first kappa shape index (κ1) is 14.5. The number of nitrogens with zero attached hydrogens (tertiary/aromatic N) is 2. The van der Waals surface area contributed by atoms with Gasteiger partial charge in [0.15, 0.2) is 0 Å². The Hall–Kier alpha value is -1.40. The summed E-state index contributed by atoms with van der Waals surface area (Å²) in [6.07, 6.45) is 6.10. The van der Waals surface area contributed by atoms with Crippen LogP contribution in [0.15, 0.2) is 12.3 Å². The second-order valence-electron chi connectivity index (χ2n) is 5.94. The van der Waals surface area contributed by atoms with Gasteiger partial charge in [0.1, 0.15) is 6.54 Å². The summed E-state index contributed by atoms with van der Waals surface area (Å²) in [5, 5.41) is 11.0. The lowest BCUT2D eigenvalue weighted by Crippen LogP contribution is -2.40. The predicted molar refractivity (Wildman–Crippen MR) is 79.1 cm³/mol. The highest BCUT2D eigenvalue weighted by molar-refractivity contribution is 5.75. The van der Waals surface area contributed by atoms with Crippen LogP contribution in [-0.4, -0.2) is 48.0 Å². The van der Waals surface area contributed by atoms with Crippen molar-refractivity contribution in [3.8, 4) is 0 Å². The van der Waals surface area contributed by atoms with Gasteiger partial charge in [-0.3, -0.25) is 9.48 Å². The molecule has 0 aromatic carbocycles. The van der Waals surface area contributed by atoms with Gasteiger partial charge in [-0.1, -0.05) is 0 Å². The Labute approximate surface area is 125 Å². The van der Waals surface area contributed by atoms with E-state index in [1.54, 1.807) is 4.68 Å². The van der Waals surface area contributed by atoms with Gasteiger partial charge in [-0.05, 0) is 38.3 Å². The van der Waals surface area contributed by atoms with E-state index < -0.39 is 0 Å². The minimum absolute atomic E-state index is 0.0401. The van der Waals surface area contributed by atoms with Gasteiger partial charge in [-0.2, -0.15) is 5.10 Å². The van der Waals surface area contributed by atoms with Crippen molar-refractivity contribution in [1.82, 2.24) is 20.4 Å². The smallest absolute Gasteiger partial charge is 0.241 e. The molecule has 1 atom stereocenters. The minimum atomic E-state index is 0.0401. The van der Waals surface area contributed by atoms with Gasteiger partial charge in [0.05, 0.1) is 5.69 Å². The van der Waals surface area contributed by atoms with Crippen molar-refractivity contribution in [2.75, 3.05) is 26.3 Å². The summed E-state index contributed by atoms with van der Waals surface area (Å²) in [5.74, 6) is 0.525. The highest BCUT2D eigenvalue weighted by Crippen LogP contribution is 2.21. The Morgan fingerprint density at radius 3 is 3.05 bits per heavy atom. The van der Waals surface area contributed by atoms with Crippen LogP contribution in [0.2, 0.25) is 0 Å². The number of carbonyl (C=O) groups excluding carboxylic acids is 1. The van der Waals surface area contributed by atoms with Crippen LogP contribution in [0.4, 0.5) is 0 Å². The highest BCUT2D eigenvalue weighted by Gasteiger charge is 2.19. The van der Waals surface area contributed by atoms with Crippen LogP contribution >= 0.6 is 0 Å². The fourth-order valence-corrected chi connectivity index (χ4v) is 3.05. The third-order valence-corrected chi connectivity index (χ3v) is 4.27. The second kappa shape index (κ2) is 7.04. The molecule has 1 amide bonds. The molecule has 0 unspecified atom stereocenters. The maximum absolute atomic E-state index is 12.0. The zero-order valence-electron chi connectivity index (χ0n) is 12.4. The standard InChI is InChI=1S/C15H24N4O2/c20-15(17-13-4-8-21-9-5-13)11-19-7-3-14(18-19)12-2-1-6-16-10-12/h3,7,12-13,16H,1-2,4-6,8-11H2,(H,17,20)/t12-/m0/s1. The van der Waals surface area contributed by atoms with E-state index in [9.17, 15) is 4.79 Å². The zero-order chi connectivity index (χ0) is 14.5. The predicted octanol–water partition coefficient (Wildman–Crippen LogP) is 0.645. The lowest BCUT2D eigenvalue weighted by Gasteiger charge is -2.23. The molecule has 0 bridgehead atoms. The maximum Gasteiger partial charge on any atom is 0.241 e. The van der Waals surface area contributed by atoms with E-state index in [0.717, 1.165) is 44.8 Å². The van der Waals surface area contributed by atoms with Gasteiger partial charge < -0.3 is 15.4 Å². The van der Waals surface area contributed by atoms with Crippen molar-refractivity contribution in [3.05, 3.63) is 18.0 Å². The monoisotopic (exact) mass is 292 g/mol. The lowest BCUT2D eigenvalue weighted by molar-refractivity contribution is -0.123. The number of aromatic nitrogens is 2. The maximum atomic E-state index is 12.0. The first-order valence-electron chi connectivity index (χ1n) is 7.92. The van der Waals surface area contributed by atoms with E-state index in [1.807, 2.05) is 12.3 Å². The van der Waals surface area contributed by atoms with Crippen molar-refractivity contribution in [3.63, 3.8) is 0 Å². The Kier molecular flexibility index (Phi) is 4.87. The fourth-order valence-electron chi connectivity index (χ4n) is 3.05. The zero-order valence-corrected chi connectivity index (χ0v) is 12.4. The van der Waals surface area contributed by atoms with Crippen molar-refractivity contribution in [2.45, 2.75) is 44.2 Å². The number of rotatable bonds is 4. The largest absolute Gasteiger partial charge is 0.381 e. The van der Waals surface area contributed by atoms with Crippen LogP contribution in [0.3, 0.4) is 0 Å². The summed E-state index contributed by atoms with van der Waals surface area (Å²) in [5.41, 5.74) is 1.10. The molecule has 1 aromatic heterocycles. The van der Waals surface area contributed by atoms with E-state index in [2.05, 4.69) is 15.7 Å². The molecule has 2 aliphatic rings. The fraction of sp³-hybridized carbons (Fsp3) is 0.733. The summed E-state index contributed by atoms with van der Waals surface area (Å²) in [7, 11) is 0. The SMILES string of the molecule is O=C(Cn1ccc([C@H]2CCCNC2)n1)NC1CCOCC1. The van der Waals surface area contributed by atoms with E-state index >= 15 is 0 Å². The molecule has 6 nitrogen and oxygen atoms in total. The second-order valence-corrected chi connectivity index (χ2v) is 5.94. The van der Waals surface area contributed by atoms with Gasteiger partial charge in [0.25, 0.3) is 0 Å². The molecule has 2 aliphatic heterocycles. The molecule has 3 rings (SSSR count). The number of piperidine rings is 1. The molecule has 6 heteroatoms. The van der Waals surface area contributed by atoms with Crippen LogP contribution in [0.5, 0.6) is 0 Å². The number of nitrogens with one attached hydrogen (secondary N) is 2. The molecule has 21 heavy (non-hydrogen) atoms. The molecule has 2 saturated heterocycles. The first-order valence-corrected chi connectivity index (χ1v) is 7.92. The van der Waals surface area contributed by atoms with Crippen LogP contribution in [-0.2, 0) is 16.1 Å². The van der Waals surface area contributed by atoms with E-state index in [1.165, 1.54) is 12.8 Å². The quantitative estimate of drug-likeness (QED) is 0.855. The van der Waals surface area contributed by atoms with E-state index in [-0.39, 0.29) is 11.9 Å². The summed E-state index contributed by atoms with van der Waals surface area (Å²) < 4.78 is 7.04. The number of amides is 1. The number of hydrogen-bond acceptors (Lipinski definition) is 4. The van der Waals surface area contributed by atoms with Crippen LogP contribution in [0.1, 0.15) is 37.3 Å². The van der Waals surface area contributed by atoms with Crippen LogP contribution in [0, 0.1) is 0 Å². The Morgan fingerprint density at radius 1 is 1.43 bits per heavy atom. The number of ether oxygens (including phenoxy) is 1. The van der Waals surface area contributed by atoms with Crippen molar-refractivity contribution in [2.24, 2.45) is 0 Å². The molecule has 0 radical (unpaired) electrons. The Bertz CT molecular complexity index is 462. The van der Waals surface area contributed by atoms with Gasteiger partial charge in [0.2, 0.25) is 5.91 Å². The molecular formula is C15H24N4O2. The molecule has 2 N–H and O–H groups in total. The molecule has 116 valence electrons. The molecule has 0 saturated carbocycles. The molecule has 2 fully saturated rings. The summed E-state index contributed by atoms with van der Waals surface area (Å²) >= 11 is 0. The topological polar surface area (TPSA) is 68.2 Å². The lowest BCUT2D eigenvalue weighted by atomic mass is 9.97. The van der Waals surface area contributed by atoms with Crippen LogP contribution in [0.25, 0.3) is 0 Å². The third kappa shape index (κ3) is 4.04. The summed E-state index contributed by atoms with van der Waals surface area (Å²) in [6.45, 7) is 3.88. The molecule has 1 aromatic rings. The molecule has 0 aliphatic carbocycles. The van der Waals surface area contributed by atoms with Gasteiger partial charge in [0, 0.05) is 37.9 Å². The van der Waals surface area contributed by atoms with Gasteiger partial charge in [-0.15, -0.1) is 0 Å². The number of carbonyl (C=O) groups is 1. The average Bonchev–Trinajstić information content (AvgIpc) is 2.97. The summed E-state index contributed by atoms with van der Waals surface area (Å²) in [6, 6.07) is 2.29.